The Hall–Kier alpha value is -1.75. The first-order chi connectivity index (χ1) is 9.47. The van der Waals surface area contributed by atoms with Gasteiger partial charge in [-0.15, -0.1) is 0 Å². The third-order valence-electron chi connectivity index (χ3n) is 2.78. The van der Waals surface area contributed by atoms with Crippen LogP contribution in [0, 0.1) is 11.7 Å². The Bertz CT molecular complexity index is 625. The minimum Gasteiger partial charge on any atom is -0.294 e. The van der Waals surface area contributed by atoms with Gasteiger partial charge in [0, 0.05) is 11.6 Å². The van der Waals surface area contributed by atoms with E-state index in [9.17, 15) is 9.18 Å². The molecule has 0 bridgehead atoms. The van der Waals surface area contributed by atoms with Gasteiger partial charge in [-0.1, -0.05) is 25.4 Å². The van der Waals surface area contributed by atoms with Crippen molar-refractivity contribution in [1.29, 1.82) is 0 Å². The molecule has 0 aliphatic carbocycles. The van der Waals surface area contributed by atoms with Crippen LogP contribution in [0.15, 0.2) is 24.5 Å². The second-order valence-electron chi connectivity index (χ2n) is 4.98. The molecule has 0 aliphatic heterocycles. The highest BCUT2D eigenvalue weighted by Gasteiger charge is 2.16. The largest absolute Gasteiger partial charge is 0.294 e. The number of benzene rings is 1. The minimum absolute atomic E-state index is 0.0191. The molecule has 20 heavy (non-hydrogen) atoms. The Morgan fingerprint density at radius 3 is 2.85 bits per heavy atom. The number of rotatable bonds is 5. The van der Waals surface area contributed by atoms with Gasteiger partial charge in [0.15, 0.2) is 5.78 Å². The molecule has 1 aromatic carbocycles. The summed E-state index contributed by atoms with van der Waals surface area (Å²) in [5, 5.41) is 4.34. The van der Waals surface area contributed by atoms with Crippen LogP contribution in [-0.2, 0) is 13.0 Å². The summed E-state index contributed by atoms with van der Waals surface area (Å²) >= 11 is 5.67. The fourth-order valence-corrected chi connectivity index (χ4v) is 2.04. The Morgan fingerprint density at radius 1 is 1.45 bits per heavy atom. The lowest BCUT2D eigenvalue weighted by atomic mass is 10.1. The predicted molar refractivity (Wildman–Crippen MR) is 74.3 cm³/mol. The number of carbonyl (C=O) groups is 1. The third-order valence-corrected chi connectivity index (χ3v) is 3.02. The molecule has 0 aliphatic rings. The summed E-state index contributed by atoms with van der Waals surface area (Å²) in [6.45, 7) is 4.77. The smallest absolute Gasteiger partial charge is 0.173 e. The predicted octanol–water partition coefficient (Wildman–Crippen LogP) is 3.15. The van der Waals surface area contributed by atoms with E-state index in [4.69, 9.17) is 11.6 Å². The van der Waals surface area contributed by atoms with Gasteiger partial charge in [0.25, 0.3) is 0 Å². The standard InChI is InChI=1S/C14H15ClFN3O/c1-9(2)7-19-14(17-8-18-19)6-13(20)11-4-3-10(15)5-12(11)16/h3-5,8-9H,6-7H2,1-2H3. The van der Waals surface area contributed by atoms with Crippen molar-refractivity contribution in [2.45, 2.75) is 26.8 Å². The molecule has 0 amide bonds. The molecular weight excluding hydrogens is 281 g/mol. The molecule has 0 spiro atoms. The van der Waals surface area contributed by atoms with E-state index in [1.165, 1.54) is 18.5 Å². The number of hydrogen-bond donors (Lipinski definition) is 0. The zero-order valence-corrected chi connectivity index (χ0v) is 12.1. The molecule has 1 heterocycles. The zero-order chi connectivity index (χ0) is 14.7. The van der Waals surface area contributed by atoms with Crippen molar-refractivity contribution in [3.8, 4) is 0 Å². The molecule has 6 heteroatoms. The van der Waals surface area contributed by atoms with Gasteiger partial charge in [0.05, 0.1) is 12.0 Å². The maximum Gasteiger partial charge on any atom is 0.173 e. The first-order valence-electron chi connectivity index (χ1n) is 6.32. The number of aromatic nitrogens is 3. The van der Waals surface area contributed by atoms with E-state index in [1.807, 2.05) is 13.8 Å². The van der Waals surface area contributed by atoms with Gasteiger partial charge in [-0.25, -0.2) is 14.1 Å². The lowest BCUT2D eigenvalue weighted by molar-refractivity contribution is 0.0985. The van der Waals surface area contributed by atoms with Crippen molar-refractivity contribution in [1.82, 2.24) is 14.8 Å². The maximum absolute atomic E-state index is 13.7. The Kier molecular flexibility index (Phi) is 4.49. The maximum atomic E-state index is 13.7. The van der Waals surface area contributed by atoms with Gasteiger partial charge in [0.1, 0.15) is 18.0 Å². The van der Waals surface area contributed by atoms with Crippen molar-refractivity contribution < 1.29 is 9.18 Å². The third kappa shape index (κ3) is 3.42. The average molecular weight is 296 g/mol. The number of nitrogens with zero attached hydrogens (tertiary/aromatic N) is 3. The number of Topliss-reactive ketones (excluding diaryl/α,β-unsaturated/α-hetero) is 1. The van der Waals surface area contributed by atoms with Crippen LogP contribution in [0.5, 0.6) is 0 Å². The van der Waals surface area contributed by atoms with Gasteiger partial charge in [0.2, 0.25) is 0 Å². The molecule has 0 fully saturated rings. The van der Waals surface area contributed by atoms with E-state index >= 15 is 0 Å². The van der Waals surface area contributed by atoms with Crippen LogP contribution in [-0.4, -0.2) is 20.5 Å². The molecule has 0 saturated carbocycles. The van der Waals surface area contributed by atoms with E-state index in [0.29, 0.717) is 18.3 Å². The van der Waals surface area contributed by atoms with Crippen LogP contribution in [0.2, 0.25) is 5.02 Å². The highest BCUT2D eigenvalue weighted by molar-refractivity contribution is 6.30. The van der Waals surface area contributed by atoms with Crippen LogP contribution >= 0.6 is 11.6 Å². The number of hydrogen-bond acceptors (Lipinski definition) is 3. The van der Waals surface area contributed by atoms with Crippen LogP contribution in [0.1, 0.15) is 30.0 Å². The van der Waals surface area contributed by atoms with E-state index in [-0.39, 0.29) is 22.8 Å². The molecule has 0 unspecified atom stereocenters. The molecule has 1 aromatic heterocycles. The van der Waals surface area contributed by atoms with Crippen molar-refractivity contribution in [2.75, 3.05) is 0 Å². The average Bonchev–Trinajstić information content (AvgIpc) is 2.75. The molecule has 0 atom stereocenters. The van der Waals surface area contributed by atoms with Crippen molar-refractivity contribution in [3.63, 3.8) is 0 Å². The minimum atomic E-state index is -0.613. The van der Waals surface area contributed by atoms with Gasteiger partial charge < -0.3 is 0 Å². The molecule has 106 valence electrons. The summed E-state index contributed by atoms with van der Waals surface area (Å²) in [7, 11) is 0. The lowest BCUT2D eigenvalue weighted by Gasteiger charge is -2.08. The van der Waals surface area contributed by atoms with Gasteiger partial charge in [-0.2, -0.15) is 5.10 Å². The van der Waals surface area contributed by atoms with E-state index in [1.54, 1.807) is 4.68 Å². The number of ketones is 1. The molecule has 0 saturated heterocycles. The quantitative estimate of drug-likeness (QED) is 0.796. The number of carbonyl (C=O) groups excluding carboxylic acids is 1. The first-order valence-corrected chi connectivity index (χ1v) is 6.70. The van der Waals surface area contributed by atoms with Crippen LogP contribution < -0.4 is 0 Å². The summed E-state index contributed by atoms with van der Waals surface area (Å²) in [5.41, 5.74) is 0.0218. The molecular formula is C14H15ClFN3O. The highest BCUT2D eigenvalue weighted by Crippen LogP contribution is 2.16. The van der Waals surface area contributed by atoms with Crippen LogP contribution in [0.4, 0.5) is 4.39 Å². The second kappa shape index (κ2) is 6.13. The fourth-order valence-electron chi connectivity index (χ4n) is 1.88. The van der Waals surface area contributed by atoms with Crippen molar-refractivity contribution in [3.05, 3.63) is 46.8 Å². The Balaban J connectivity index is 2.17. The summed E-state index contributed by atoms with van der Waals surface area (Å²) in [6.07, 6.45) is 1.43. The monoisotopic (exact) mass is 295 g/mol. The summed E-state index contributed by atoms with van der Waals surface area (Å²) in [6, 6.07) is 4.02. The Morgan fingerprint density at radius 2 is 2.20 bits per heavy atom. The van der Waals surface area contributed by atoms with Gasteiger partial charge in [-0.3, -0.25) is 4.79 Å². The van der Waals surface area contributed by atoms with E-state index in [0.717, 1.165) is 6.07 Å². The van der Waals surface area contributed by atoms with Crippen molar-refractivity contribution >= 4 is 17.4 Å². The van der Waals surface area contributed by atoms with E-state index < -0.39 is 5.82 Å². The summed E-state index contributed by atoms with van der Waals surface area (Å²) in [5.74, 6) is -0.0227. The van der Waals surface area contributed by atoms with Crippen LogP contribution in [0.25, 0.3) is 0 Å². The first kappa shape index (κ1) is 14.7. The summed E-state index contributed by atoms with van der Waals surface area (Å²) in [4.78, 5) is 16.2. The number of halogens is 2. The molecule has 4 nitrogen and oxygen atoms in total. The highest BCUT2D eigenvalue weighted by atomic mass is 35.5. The summed E-state index contributed by atoms with van der Waals surface area (Å²) < 4.78 is 15.4. The molecule has 0 radical (unpaired) electrons. The molecule has 0 N–H and O–H groups in total. The topological polar surface area (TPSA) is 47.8 Å². The second-order valence-corrected chi connectivity index (χ2v) is 5.41. The van der Waals surface area contributed by atoms with Crippen molar-refractivity contribution in [2.24, 2.45) is 5.92 Å². The Labute approximate surface area is 121 Å². The molecule has 2 rings (SSSR count). The van der Waals surface area contributed by atoms with Gasteiger partial charge in [-0.05, 0) is 24.1 Å². The van der Waals surface area contributed by atoms with Gasteiger partial charge >= 0.3 is 0 Å². The fraction of sp³-hybridized carbons (Fsp3) is 0.357. The lowest BCUT2D eigenvalue weighted by Crippen LogP contribution is -2.15. The normalized spacial score (nSPS) is 11.1. The van der Waals surface area contributed by atoms with Crippen LogP contribution in [0.3, 0.4) is 0 Å². The van der Waals surface area contributed by atoms with E-state index in [2.05, 4.69) is 10.1 Å². The molecule has 2 aromatic rings. The zero-order valence-electron chi connectivity index (χ0n) is 11.3. The SMILES string of the molecule is CC(C)Cn1ncnc1CC(=O)c1ccc(Cl)cc1F.